The summed E-state index contributed by atoms with van der Waals surface area (Å²) in [4.78, 5) is 2.92. The first-order valence-corrected chi connectivity index (χ1v) is 14.0. The van der Waals surface area contributed by atoms with Crippen molar-refractivity contribution in [2.24, 2.45) is 5.92 Å². The van der Waals surface area contributed by atoms with Crippen LogP contribution in [-0.2, 0) is 4.43 Å². The molecular weight excluding hydrogens is 310 g/mol. The van der Waals surface area contributed by atoms with Crippen molar-refractivity contribution in [1.82, 2.24) is 4.90 Å². The lowest BCUT2D eigenvalue weighted by atomic mass is 9.89. The predicted octanol–water partition coefficient (Wildman–Crippen LogP) is 6.15. The van der Waals surface area contributed by atoms with E-state index in [0.29, 0.717) is 0 Å². The maximum Gasteiger partial charge on any atom is 0.203 e. The summed E-state index contributed by atoms with van der Waals surface area (Å²) in [5, 5.41) is 0. The molecule has 3 heteroatoms. The Labute approximate surface area is 152 Å². The molecule has 24 heavy (non-hydrogen) atoms. The fourth-order valence-electron chi connectivity index (χ4n) is 5.05. The zero-order valence-corrected chi connectivity index (χ0v) is 17.8. The number of hydrogen-bond acceptors (Lipinski definition) is 2. The van der Waals surface area contributed by atoms with Gasteiger partial charge in [0.25, 0.3) is 0 Å². The molecule has 0 aromatic carbocycles. The second-order valence-corrected chi connectivity index (χ2v) is 13.0. The van der Waals surface area contributed by atoms with Crippen LogP contribution in [0.4, 0.5) is 0 Å². The summed E-state index contributed by atoms with van der Waals surface area (Å²) in [7, 11) is -1.63. The fourth-order valence-corrected chi connectivity index (χ4v) is 8.00. The van der Waals surface area contributed by atoms with Gasteiger partial charge in [0.2, 0.25) is 8.32 Å². The van der Waals surface area contributed by atoms with Crippen LogP contribution in [0.25, 0.3) is 0 Å². The Morgan fingerprint density at radius 2 is 1.33 bits per heavy atom. The Bertz CT molecular complexity index is 328. The van der Waals surface area contributed by atoms with Crippen LogP contribution in [-0.4, -0.2) is 38.6 Å². The molecule has 0 amide bonds. The molecule has 1 heterocycles. The fraction of sp³-hybridized carbons (Fsp3) is 1.00. The molecule has 0 N–H and O–H groups in total. The lowest BCUT2D eigenvalue weighted by Crippen LogP contribution is -2.56. The van der Waals surface area contributed by atoms with E-state index in [1.54, 1.807) is 0 Å². The highest BCUT2D eigenvalue weighted by atomic mass is 28.4. The van der Waals surface area contributed by atoms with Gasteiger partial charge in [-0.05, 0) is 58.2 Å². The van der Waals surface area contributed by atoms with Crippen LogP contribution < -0.4 is 0 Å². The summed E-state index contributed by atoms with van der Waals surface area (Å²) < 4.78 is 6.39. The van der Waals surface area contributed by atoms with Crippen LogP contribution in [0.5, 0.6) is 0 Å². The van der Waals surface area contributed by atoms with Crippen molar-refractivity contribution in [2.75, 3.05) is 19.7 Å². The number of hydrogen-bond donors (Lipinski definition) is 0. The zero-order valence-electron chi connectivity index (χ0n) is 16.8. The first-order chi connectivity index (χ1) is 11.6. The molecule has 1 saturated carbocycles. The van der Waals surface area contributed by atoms with E-state index < -0.39 is 8.32 Å². The van der Waals surface area contributed by atoms with E-state index in [0.717, 1.165) is 18.2 Å². The van der Waals surface area contributed by atoms with E-state index in [1.807, 2.05) is 0 Å². The smallest absolute Gasteiger partial charge is 0.203 e. The van der Waals surface area contributed by atoms with Crippen LogP contribution >= 0.6 is 0 Å². The maximum atomic E-state index is 6.39. The molecule has 0 aromatic rings. The standard InChI is InChI=1S/C21H43NOSi/c1-4-23-24(2,3)21-17-13-8-6-5-7-9-14-18-22(21)19-20-15-11-10-12-16-20/h20-21H,4-19H2,1-3H3. The van der Waals surface area contributed by atoms with E-state index >= 15 is 0 Å². The molecule has 1 atom stereocenters. The van der Waals surface area contributed by atoms with Gasteiger partial charge in [-0.1, -0.05) is 57.8 Å². The van der Waals surface area contributed by atoms with Crippen LogP contribution in [0.2, 0.25) is 13.1 Å². The minimum atomic E-state index is -1.63. The molecule has 1 saturated heterocycles. The van der Waals surface area contributed by atoms with E-state index in [4.69, 9.17) is 4.43 Å². The van der Waals surface area contributed by atoms with Crippen molar-refractivity contribution < 1.29 is 4.43 Å². The highest BCUT2D eigenvalue weighted by molar-refractivity contribution is 6.72. The highest BCUT2D eigenvalue weighted by Gasteiger charge is 2.38. The van der Waals surface area contributed by atoms with Gasteiger partial charge in [0.1, 0.15) is 0 Å². The Kier molecular flexibility index (Phi) is 9.35. The Morgan fingerprint density at radius 3 is 2.00 bits per heavy atom. The largest absolute Gasteiger partial charge is 0.416 e. The SMILES string of the molecule is CCO[Si](C)(C)C1CCCCCCCCCN1CC1CCCCC1. The maximum absolute atomic E-state index is 6.39. The predicted molar refractivity (Wildman–Crippen MR) is 108 cm³/mol. The number of nitrogens with zero attached hydrogens (tertiary/aromatic N) is 1. The number of rotatable bonds is 5. The van der Waals surface area contributed by atoms with Crippen molar-refractivity contribution in [3.63, 3.8) is 0 Å². The van der Waals surface area contributed by atoms with Crippen molar-refractivity contribution >= 4 is 8.32 Å². The van der Waals surface area contributed by atoms with Gasteiger partial charge in [-0.2, -0.15) is 0 Å². The molecule has 1 aliphatic heterocycles. The van der Waals surface area contributed by atoms with E-state index in [1.165, 1.54) is 96.6 Å². The van der Waals surface area contributed by atoms with Gasteiger partial charge < -0.3 is 9.33 Å². The molecule has 2 rings (SSSR count). The van der Waals surface area contributed by atoms with Crippen molar-refractivity contribution in [1.29, 1.82) is 0 Å². The molecule has 1 unspecified atom stereocenters. The van der Waals surface area contributed by atoms with E-state index in [2.05, 4.69) is 24.9 Å². The zero-order chi connectivity index (χ0) is 17.3. The lowest BCUT2D eigenvalue weighted by Gasteiger charge is -2.42. The molecule has 0 aromatic heterocycles. The minimum Gasteiger partial charge on any atom is -0.416 e. The summed E-state index contributed by atoms with van der Waals surface area (Å²) in [6.45, 7) is 10.7. The molecule has 0 radical (unpaired) electrons. The van der Waals surface area contributed by atoms with Gasteiger partial charge in [0.05, 0.1) is 0 Å². The van der Waals surface area contributed by atoms with Crippen LogP contribution in [0.3, 0.4) is 0 Å². The van der Waals surface area contributed by atoms with Gasteiger partial charge in [0, 0.05) is 18.8 Å². The molecule has 142 valence electrons. The monoisotopic (exact) mass is 353 g/mol. The Morgan fingerprint density at radius 1 is 0.792 bits per heavy atom. The second kappa shape index (κ2) is 11.0. The summed E-state index contributed by atoms with van der Waals surface area (Å²) in [6.07, 6.45) is 18.8. The normalized spacial score (nSPS) is 26.9. The summed E-state index contributed by atoms with van der Waals surface area (Å²) >= 11 is 0. The average Bonchev–Trinajstić information content (AvgIpc) is 2.61. The molecule has 2 aliphatic rings. The van der Waals surface area contributed by atoms with Crippen LogP contribution in [0.1, 0.15) is 90.4 Å². The molecule has 1 aliphatic carbocycles. The van der Waals surface area contributed by atoms with Crippen LogP contribution in [0, 0.1) is 5.92 Å². The van der Waals surface area contributed by atoms with E-state index in [-0.39, 0.29) is 0 Å². The van der Waals surface area contributed by atoms with Crippen molar-refractivity contribution in [2.45, 2.75) is 109 Å². The molecule has 0 spiro atoms. The Hall–Kier alpha value is 0.137. The second-order valence-electron chi connectivity index (χ2n) is 8.81. The van der Waals surface area contributed by atoms with Gasteiger partial charge in [-0.25, -0.2) is 0 Å². The third-order valence-corrected chi connectivity index (χ3v) is 9.69. The summed E-state index contributed by atoms with van der Waals surface area (Å²) in [5.74, 6) is 0.956. The summed E-state index contributed by atoms with van der Waals surface area (Å²) in [6, 6.07) is 0. The first-order valence-electron chi connectivity index (χ1n) is 11.0. The molecule has 2 fully saturated rings. The van der Waals surface area contributed by atoms with Crippen LogP contribution in [0.15, 0.2) is 0 Å². The Balaban J connectivity index is 2.07. The average molecular weight is 354 g/mol. The first kappa shape index (κ1) is 20.4. The third-order valence-electron chi connectivity index (χ3n) is 6.40. The van der Waals surface area contributed by atoms with Crippen molar-refractivity contribution in [3.05, 3.63) is 0 Å². The van der Waals surface area contributed by atoms with Gasteiger partial charge in [-0.3, -0.25) is 0 Å². The van der Waals surface area contributed by atoms with Gasteiger partial charge >= 0.3 is 0 Å². The molecule has 0 bridgehead atoms. The molecular formula is C21H43NOSi. The van der Waals surface area contributed by atoms with Crippen molar-refractivity contribution in [3.8, 4) is 0 Å². The van der Waals surface area contributed by atoms with Gasteiger partial charge in [0.15, 0.2) is 0 Å². The van der Waals surface area contributed by atoms with Gasteiger partial charge in [-0.15, -0.1) is 0 Å². The van der Waals surface area contributed by atoms with E-state index in [9.17, 15) is 0 Å². The third kappa shape index (κ3) is 6.80. The highest BCUT2D eigenvalue weighted by Crippen LogP contribution is 2.29. The topological polar surface area (TPSA) is 12.5 Å². The summed E-state index contributed by atoms with van der Waals surface area (Å²) in [5.41, 5.74) is 0.734. The minimum absolute atomic E-state index is 0.734. The quantitative estimate of drug-likeness (QED) is 0.549. The lowest BCUT2D eigenvalue weighted by molar-refractivity contribution is 0.154. The molecule has 2 nitrogen and oxygen atoms in total.